The summed E-state index contributed by atoms with van der Waals surface area (Å²) < 4.78 is 0. The van der Waals surface area contributed by atoms with Crippen LogP contribution in [0.3, 0.4) is 0 Å². The summed E-state index contributed by atoms with van der Waals surface area (Å²) in [7, 11) is 0. The Morgan fingerprint density at radius 3 is 2.35 bits per heavy atom. The van der Waals surface area contributed by atoms with E-state index < -0.39 is 0 Å². The van der Waals surface area contributed by atoms with E-state index in [0.29, 0.717) is 12.3 Å². The summed E-state index contributed by atoms with van der Waals surface area (Å²) in [6, 6.07) is 0. The second kappa shape index (κ2) is 5.61. The van der Waals surface area contributed by atoms with Crippen molar-refractivity contribution < 1.29 is 9.59 Å². The fourth-order valence-corrected chi connectivity index (χ4v) is 2.62. The molecule has 0 spiro atoms. The third-order valence-corrected chi connectivity index (χ3v) is 4.12. The van der Waals surface area contributed by atoms with Gasteiger partial charge in [0.25, 0.3) is 0 Å². The summed E-state index contributed by atoms with van der Waals surface area (Å²) in [6.45, 7) is 8.09. The quantitative estimate of drug-likeness (QED) is 0.500. The number of aldehydes is 1. The van der Waals surface area contributed by atoms with Crippen molar-refractivity contribution in [2.24, 2.45) is 17.3 Å². The van der Waals surface area contributed by atoms with Gasteiger partial charge in [-0.1, -0.05) is 25.5 Å². The zero-order valence-electron chi connectivity index (χ0n) is 11.5. The number of carbonyl (C=O) groups is 2. The van der Waals surface area contributed by atoms with Crippen molar-refractivity contribution in [3.63, 3.8) is 0 Å². The summed E-state index contributed by atoms with van der Waals surface area (Å²) >= 11 is 0. The smallest absolute Gasteiger partial charge is 0.130 e. The van der Waals surface area contributed by atoms with Gasteiger partial charge in [0.2, 0.25) is 0 Å². The Morgan fingerprint density at radius 2 is 1.88 bits per heavy atom. The van der Waals surface area contributed by atoms with Crippen molar-refractivity contribution in [3.05, 3.63) is 11.6 Å². The van der Waals surface area contributed by atoms with Gasteiger partial charge in [0.1, 0.15) is 12.1 Å². The minimum absolute atomic E-state index is 0.210. The second-order valence-corrected chi connectivity index (χ2v) is 5.92. The van der Waals surface area contributed by atoms with Gasteiger partial charge in [-0.25, -0.2) is 0 Å². The molecule has 0 N–H and O–H groups in total. The van der Waals surface area contributed by atoms with Crippen LogP contribution < -0.4 is 0 Å². The lowest BCUT2D eigenvalue weighted by Crippen LogP contribution is -1.92. The standard InChI is InChI=1S/C15H24O2/c1-11(6-5-7-12(2)17)8-9-13-14(10-16)15(13,3)4/h6,10,13-14H,5,7-9H2,1-4H3/b11-6+/t13-,14-/m0/s1. The van der Waals surface area contributed by atoms with E-state index in [4.69, 9.17) is 0 Å². The monoisotopic (exact) mass is 236 g/mol. The molecule has 0 heterocycles. The fraction of sp³-hybridized carbons (Fsp3) is 0.733. The van der Waals surface area contributed by atoms with Crippen LogP contribution in [-0.4, -0.2) is 12.1 Å². The van der Waals surface area contributed by atoms with Crippen molar-refractivity contribution in [1.82, 2.24) is 0 Å². The number of carbonyl (C=O) groups excluding carboxylic acids is 2. The largest absolute Gasteiger partial charge is 0.303 e. The van der Waals surface area contributed by atoms with Gasteiger partial charge in [-0.05, 0) is 44.4 Å². The number of rotatable bonds is 7. The fourth-order valence-electron chi connectivity index (χ4n) is 2.62. The molecule has 0 aromatic carbocycles. The molecule has 17 heavy (non-hydrogen) atoms. The lowest BCUT2D eigenvalue weighted by molar-refractivity contribution is -0.117. The van der Waals surface area contributed by atoms with E-state index in [2.05, 4.69) is 26.8 Å². The Kier molecular flexibility index (Phi) is 4.67. The highest BCUT2D eigenvalue weighted by atomic mass is 16.1. The highest BCUT2D eigenvalue weighted by molar-refractivity contribution is 5.75. The number of ketones is 1. The maximum Gasteiger partial charge on any atom is 0.130 e. The second-order valence-electron chi connectivity index (χ2n) is 5.92. The molecule has 0 aliphatic heterocycles. The van der Waals surface area contributed by atoms with Gasteiger partial charge in [0.05, 0.1) is 0 Å². The van der Waals surface area contributed by atoms with Crippen molar-refractivity contribution in [2.75, 3.05) is 0 Å². The number of hydrogen-bond acceptors (Lipinski definition) is 2. The highest BCUT2D eigenvalue weighted by Crippen LogP contribution is 2.59. The van der Waals surface area contributed by atoms with Crippen molar-refractivity contribution in [3.8, 4) is 0 Å². The van der Waals surface area contributed by atoms with Crippen molar-refractivity contribution in [1.29, 1.82) is 0 Å². The maximum absolute atomic E-state index is 10.8. The molecule has 0 aromatic rings. The number of Topliss-reactive ketones (excluding diaryl/α,β-unsaturated/α-hetero) is 1. The zero-order valence-corrected chi connectivity index (χ0v) is 11.5. The molecule has 0 unspecified atom stereocenters. The van der Waals surface area contributed by atoms with Gasteiger partial charge >= 0.3 is 0 Å². The third kappa shape index (κ3) is 3.79. The molecule has 96 valence electrons. The molecule has 0 bridgehead atoms. The lowest BCUT2D eigenvalue weighted by Gasteiger charge is -2.03. The van der Waals surface area contributed by atoms with Crippen LogP contribution in [0.15, 0.2) is 11.6 Å². The van der Waals surface area contributed by atoms with Gasteiger partial charge in [0.15, 0.2) is 0 Å². The van der Waals surface area contributed by atoms with Crippen molar-refractivity contribution in [2.45, 2.75) is 53.4 Å². The van der Waals surface area contributed by atoms with E-state index in [-0.39, 0.29) is 17.1 Å². The molecule has 1 rings (SSSR count). The summed E-state index contributed by atoms with van der Waals surface area (Å²) in [4.78, 5) is 21.6. The molecule has 0 amide bonds. The molecule has 0 aromatic heterocycles. The topological polar surface area (TPSA) is 34.1 Å². The van der Waals surface area contributed by atoms with Gasteiger partial charge in [-0.3, -0.25) is 0 Å². The van der Waals surface area contributed by atoms with E-state index in [0.717, 1.165) is 25.5 Å². The molecule has 2 atom stereocenters. The van der Waals surface area contributed by atoms with E-state index in [1.807, 2.05) is 0 Å². The van der Waals surface area contributed by atoms with E-state index >= 15 is 0 Å². The summed E-state index contributed by atoms with van der Waals surface area (Å²) in [5.74, 6) is 1.06. The van der Waals surface area contributed by atoms with Crippen LogP contribution in [0.5, 0.6) is 0 Å². The van der Waals surface area contributed by atoms with E-state index in [9.17, 15) is 9.59 Å². The first-order chi connectivity index (χ1) is 7.89. The SMILES string of the molecule is CC(=O)CC/C=C(\C)CC[C@H]1[C@H](C=O)C1(C)C. The van der Waals surface area contributed by atoms with Crippen LogP contribution in [0.4, 0.5) is 0 Å². The molecule has 2 nitrogen and oxygen atoms in total. The molecule has 1 saturated carbocycles. The molecule has 0 saturated heterocycles. The first-order valence-electron chi connectivity index (χ1n) is 6.50. The van der Waals surface area contributed by atoms with Crippen LogP contribution in [0, 0.1) is 17.3 Å². The Labute approximate surface area is 104 Å². The van der Waals surface area contributed by atoms with Crippen LogP contribution >= 0.6 is 0 Å². The highest BCUT2D eigenvalue weighted by Gasteiger charge is 2.56. The van der Waals surface area contributed by atoms with E-state index in [1.54, 1.807) is 6.92 Å². The number of hydrogen-bond donors (Lipinski definition) is 0. The van der Waals surface area contributed by atoms with Crippen LogP contribution in [0.2, 0.25) is 0 Å². The maximum atomic E-state index is 10.8. The zero-order chi connectivity index (χ0) is 13.1. The molecule has 1 aliphatic rings. The molecular formula is C15H24O2. The summed E-state index contributed by atoms with van der Waals surface area (Å²) in [6.07, 6.45) is 6.91. The van der Waals surface area contributed by atoms with E-state index in [1.165, 1.54) is 5.57 Å². The predicted octanol–water partition coefficient (Wildman–Crippen LogP) is 3.55. The Balaban J connectivity index is 2.27. The Morgan fingerprint density at radius 1 is 1.24 bits per heavy atom. The van der Waals surface area contributed by atoms with Gasteiger partial charge < -0.3 is 9.59 Å². The minimum atomic E-state index is 0.210. The van der Waals surface area contributed by atoms with Gasteiger partial charge in [-0.15, -0.1) is 0 Å². The predicted molar refractivity (Wildman–Crippen MR) is 69.7 cm³/mol. The Hall–Kier alpha value is -0.920. The van der Waals surface area contributed by atoms with Crippen LogP contribution in [-0.2, 0) is 9.59 Å². The van der Waals surface area contributed by atoms with Crippen molar-refractivity contribution >= 4 is 12.1 Å². The molecule has 2 heteroatoms. The van der Waals surface area contributed by atoms with Gasteiger partial charge in [-0.2, -0.15) is 0 Å². The average molecular weight is 236 g/mol. The number of allylic oxidation sites excluding steroid dienone is 2. The molecule has 1 aliphatic carbocycles. The first-order valence-corrected chi connectivity index (χ1v) is 6.50. The molecule has 1 fully saturated rings. The normalized spacial score (nSPS) is 26.7. The van der Waals surface area contributed by atoms with Crippen LogP contribution in [0.25, 0.3) is 0 Å². The molecular weight excluding hydrogens is 212 g/mol. The van der Waals surface area contributed by atoms with Gasteiger partial charge in [0, 0.05) is 12.3 Å². The first kappa shape index (κ1) is 14.1. The summed E-state index contributed by atoms with van der Waals surface area (Å²) in [5, 5.41) is 0. The third-order valence-electron chi connectivity index (χ3n) is 4.12. The lowest BCUT2D eigenvalue weighted by atomic mass is 10.0. The average Bonchev–Trinajstić information content (AvgIpc) is 2.75. The Bertz CT molecular complexity index is 326. The molecule has 0 radical (unpaired) electrons. The van der Waals surface area contributed by atoms with Crippen LogP contribution in [0.1, 0.15) is 53.4 Å². The minimum Gasteiger partial charge on any atom is -0.303 e. The summed E-state index contributed by atoms with van der Waals surface area (Å²) in [5.41, 5.74) is 1.56.